The summed E-state index contributed by atoms with van der Waals surface area (Å²) in [7, 11) is 3.16. The van der Waals surface area contributed by atoms with Crippen LogP contribution in [0.5, 0.6) is 11.5 Å². The average molecular weight is 558 g/mol. The summed E-state index contributed by atoms with van der Waals surface area (Å²) in [6.45, 7) is 0.385. The molecule has 1 atom stereocenters. The number of amides is 2. The molecule has 0 spiro atoms. The van der Waals surface area contributed by atoms with Crippen LogP contribution >= 0.6 is 35.0 Å². The minimum Gasteiger partial charge on any atom is -0.493 e. The summed E-state index contributed by atoms with van der Waals surface area (Å²) in [5.41, 5.74) is 2.17. The smallest absolute Gasteiger partial charge is 0.238 e. The van der Waals surface area contributed by atoms with Crippen LogP contribution in [0.4, 0.5) is 11.4 Å². The van der Waals surface area contributed by atoms with E-state index < -0.39 is 5.25 Å². The van der Waals surface area contributed by atoms with Crippen LogP contribution in [0.25, 0.3) is 0 Å². The summed E-state index contributed by atoms with van der Waals surface area (Å²) in [6, 6.07) is 19.5. The van der Waals surface area contributed by atoms with E-state index in [9.17, 15) is 9.59 Å². The Morgan fingerprint density at radius 1 is 1.03 bits per heavy atom. The molecule has 1 unspecified atom stereocenters. The Hall–Kier alpha value is -3.20. The van der Waals surface area contributed by atoms with Crippen molar-refractivity contribution in [3.63, 3.8) is 0 Å². The quantitative estimate of drug-likeness (QED) is 0.356. The van der Waals surface area contributed by atoms with Gasteiger partial charge in [0, 0.05) is 28.7 Å². The van der Waals surface area contributed by atoms with Crippen molar-refractivity contribution < 1.29 is 19.1 Å². The van der Waals surface area contributed by atoms with Gasteiger partial charge in [0.1, 0.15) is 5.25 Å². The van der Waals surface area contributed by atoms with Crippen molar-refractivity contribution in [3.05, 3.63) is 82.3 Å². The number of aliphatic imine (C=N–C) groups is 1. The van der Waals surface area contributed by atoms with Crippen LogP contribution in [0.15, 0.2) is 71.7 Å². The molecule has 0 aromatic heterocycles. The van der Waals surface area contributed by atoms with Crippen LogP contribution in [0.1, 0.15) is 12.0 Å². The van der Waals surface area contributed by atoms with Gasteiger partial charge in [-0.05, 0) is 66.6 Å². The van der Waals surface area contributed by atoms with Crippen molar-refractivity contribution in [2.24, 2.45) is 4.99 Å². The fourth-order valence-corrected chi connectivity index (χ4v) is 5.19. The number of methoxy groups -OCH3 is 2. The molecule has 4 rings (SSSR count). The highest BCUT2D eigenvalue weighted by Gasteiger charge is 2.36. The van der Waals surface area contributed by atoms with Crippen LogP contribution in [0, 0.1) is 0 Å². The molecule has 37 heavy (non-hydrogen) atoms. The van der Waals surface area contributed by atoms with E-state index in [0.717, 1.165) is 5.56 Å². The Balaban J connectivity index is 1.55. The van der Waals surface area contributed by atoms with Crippen molar-refractivity contribution in [3.8, 4) is 11.5 Å². The van der Waals surface area contributed by atoms with Gasteiger partial charge in [0.15, 0.2) is 16.7 Å². The second-order valence-electron chi connectivity index (χ2n) is 8.17. The third-order valence-corrected chi connectivity index (χ3v) is 7.32. The first-order valence-corrected chi connectivity index (χ1v) is 13.1. The van der Waals surface area contributed by atoms with Crippen molar-refractivity contribution in [1.82, 2.24) is 4.90 Å². The van der Waals surface area contributed by atoms with Crippen LogP contribution in [0.2, 0.25) is 10.0 Å². The van der Waals surface area contributed by atoms with Gasteiger partial charge in [-0.3, -0.25) is 14.5 Å². The number of hydrogen-bond donors (Lipinski definition) is 1. The lowest BCUT2D eigenvalue weighted by Crippen LogP contribution is -2.46. The molecule has 1 aliphatic heterocycles. The van der Waals surface area contributed by atoms with E-state index in [4.69, 9.17) is 37.7 Å². The Morgan fingerprint density at radius 3 is 2.49 bits per heavy atom. The van der Waals surface area contributed by atoms with E-state index in [1.807, 2.05) is 18.2 Å². The molecule has 1 fully saturated rings. The van der Waals surface area contributed by atoms with Gasteiger partial charge in [-0.2, -0.15) is 0 Å². The predicted molar refractivity (Wildman–Crippen MR) is 150 cm³/mol. The lowest BCUT2D eigenvalue weighted by atomic mass is 10.1. The third-order valence-electron chi connectivity index (χ3n) is 5.65. The summed E-state index contributed by atoms with van der Waals surface area (Å²) >= 11 is 13.3. The number of carbonyl (C=O) groups excluding carboxylic acids is 2. The molecule has 7 nitrogen and oxygen atoms in total. The number of carbonyl (C=O) groups is 2. The molecule has 0 aliphatic carbocycles. The van der Waals surface area contributed by atoms with Gasteiger partial charge < -0.3 is 14.8 Å². The lowest BCUT2D eigenvalue weighted by molar-refractivity contribution is -0.129. The minimum absolute atomic E-state index is 0.0443. The number of benzene rings is 3. The van der Waals surface area contributed by atoms with E-state index >= 15 is 0 Å². The Kier molecular flexibility index (Phi) is 8.97. The zero-order valence-electron chi connectivity index (χ0n) is 20.2. The Labute approximate surface area is 229 Å². The number of nitrogens with zero attached hydrogens (tertiary/aromatic N) is 2. The van der Waals surface area contributed by atoms with Gasteiger partial charge in [0.05, 0.1) is 19.9 Å². The van der Waals surface area contributed by atoms with Gasteiger partial charge in [-0.1, -0.05) is 47.1 Å². The van der Waals surface area contributed by atoms with E-state index in [-0.39, 0.29) is 18.2 Å². The second-order valence-corrected chi connectivity index (χ2v) is 10.2. The van der Waals surface area contributed by atoms with E-state index in [0.29, 0.717) is 51.1 Å². The maximum absolute atomic E-state index is 13.3. The fourth-order valence-electron chi connectivity index (χ4n) is 3.75. The molecule has 1 aliphatic rings. The number of nitrogens with one attached hydrogen (secondary N) is 1. The van der Waals surface area contributed by atoms with Gasteiger partial charge in [-0.15, -0.1) is 0 Å². The number of hydrogen-bond acceptors (Lipinski definition) is 6. The molecule has 10 heteroatoms. The van der Waals surface area contributed by atoms with Gasteiger partial charge in [0.2, 0.25) is 11.8 Å². The highest BCUT2D eigenvalue weighted by atomic mass is 35.5. The van der Waals surface area contributed by atoms with E-state index in [2.05, 4.69) is 5.32 Å². The van der Waals surface area contributed by atoms with Crippen LogP contribution in [0.3, 0.4) is 0 Å². The van der Waals surface area contributed by atoms with E-state index in [1.165, 1.54) is 11.8 Å². The molecule has 3 aromatic carbocycles. The number of halogens is 2. The first-order chi connectivity index (χ1) is 17.9. The van der Waals surface area contributed by atoms with E-state index in [1.54, 1.807) is 67.7 Å². The summed E-state index contributed by atoms with van der Waals surface area (Å²) in [5, 5.41) is 3.75. The van der Waals surface area contributed by atoms with Crippen LogP contribution < -0.4 is 14.8 Å². The molecule has 0 saturated carbocycles. The van der Waals surface area contributed by atoms with Crippen LogP contribution in [-0.2, 0) is 16.0 Å². The summed E-state index contributed by atoms with van der Waals surface area (Å²) in [4.78, 5) is 32.6. The topological polar surface area (TPSA) is 80.2 Å². The highest BCUT2D eigenvalue weighted by Crippen LogP contribution is 2.32. The monoisotopic (exact) mass is 557 g/mol. The second kappa shape index (κ2) is 12.4. The minimum atomic E-state index is -0.644. The van der Waals surface area contributed by atoms with Gasteiger partial charge in [0.25, 0.3) is 0 Å². The predicted octanol–water partition coefficient (Wildman–Crippen LogP) is 6.21. The lowest BCUT2D eigenvalue weighted by Gasteiger charge is -2.32. The Bertz CT molecular complexity index is 1320. The molecule has 192 valence electrons. The number of anilines is 1. The van der Waals surface area contributed by atoms with Crippen molar-refractivity contribution >= 4 is 63.3 Å². The fraction of sp³-hybridized carbons (Fsp3) is 0.222. The number of thioether (sulfide) groups is 1. The summed E-state index contributed by atoms with van der Waals surface area (Å²) < 4.78 is 10.7. The van der Waals surface area contributed by atoms with Crippen molar-refractivity contribution in [2.45, 2.75) is 18.1 Å². The first-order valence-electron chi connectivity index (χ1n) is 11.4. The molecule has 1 N–H and O–H groups in total. The Morgan fingerprint density at radius 2 is 1.78 bits per heavy atom. The zero-order valence-corrected chi connectivity index (χ0v) is 22.6. The summed E-state index contributed by atoms with van der Waals surface area (Å²) in [6.07, 6.45) is 0.605. The van der Waals surface area contributed by atoms with Crippen molar-refractivity contribution in [2.75, 3.05) is 26.1 Å². The normalized spacial score (nSPS) is 16.5. The molecule has 3 aromatic rings. The van der Waals surface area contributed by atoms with Crippen molar-refractivity contribution in [1.29, 1.82) is 0 Å². The molecular formula is C27H25Cl2N3O4S. The molecular weight excluding hydrogens is 533 g/mol. The first kappa shape index (κ1) is 26.9. The highest BCUT2D eigenvalue weighted by molar-refractivity contribution is 8.15. The number of amidine groups is 1. The molecule has 0 radical (unpaired) electrons. The zero-order chi connectivity index (χ0) is 26.4. The third kappa shape index (κ3) is 6.97. The average Bonchev–Trinajstić information content (AvgIpc) is 2.89. The van der Waals surface area contributed by atoms with Gasteiger partial charge >= 0.3 is 0 Å². The number of rotatable bonds is 8. The molecule has 2 amide bonds. The maximum atomic E-state index is 13.3. The molecule has 1 heterocycles. The largest absolute Gasteiger partial charge is 0.493 e. The maximum Gasteiger partial charge on any atom is 0.238 e. The SMILES string of the molecule is COc1ccc(CCN2C(=O)CC(C(=O)Nc3cccc(Cl)c3)SC2=Nc2ccc(Cl)cc2)cc1OC. The standard InChI is InChI=1S/C27H25Cl2N3O4S/c1-35-22-11-6-17(14-23(22)36-2)12-13-32-25(33)16-24(26(34)30-21-5-3-4-19(29)15-21)37-27(32)31-20-9-7-18(28)8-10-20/h3-11,14-15,24H,12-13,16H2,1-2H3,(H,30,34). The van der Waals surface area contributed by atoms with Crippen LogP contribution in [-0.4, -0.2) is 47.9 Å². The number of ether oxygens (including phenoxy) is 2. The summed E-state index contributed by atoms with van der Waals surface area (Å²) in [5.74, 6) is 0.781. The molecule has 0 bridgehead atoms. The molecule has 1 saturated heterocycles. The van der Waals surface area contributed by atoms with Gasteiger partial charge in [-0.25, -0.2) is 4.99 Å².